The number of amides is 1. The number of aromatic nitrogens is 3. The summed E-state index contributed by atoms with van der Waals surface area (Å²) in [5, 5.41) is 7.93. The number of fused-ring (bicyclic) bond motifs is 2. The first-order chi connectivity index (χ1) is 22.3. The molecule has 10 nitrogen and oxygen atoms in total. The number of likely N-dealkylation sites (tertiary alicyclic amines) is 1. The van der Waals surface area contributed by atoms with Crippen molar-refractivity contribution in [3.05, 3.63) is 84.2 Å². The monoisotopic (exact) mass is 621 g/mol. The molecule has 6 rings (SSSR count). The number of nitrogens with zero attached hydrogens (tertiary/aromatic N) is 4. The molecule has 5 aromatic rings. The predicted octanol–water partition coefficient (Wildman–Crippen LogP) is 6.56. The Bertz CT molecular complexity index is 1880. The fourth-order valence-corrected chi connectivity index (χ4v) is 5.98. The van der Waals surface area contributed by atoms with Crippen molar-refractivity contribution in [3.63, 3.8) is 0 Å². The molecule has 10 heteroatoms. The summed E-state index contributed by atoms with van der Waals surface area (Å²) >= 11 is 0. The van der Waals surface area contributed by atoms with Crippen LogP contribution < -0.4 is 10.5 Å². The van der Waals surface area contributed by atoms with Gasteiger partial charge in [0.15, 0.2) is 0 Å². The van der Waals surface area contributed by atoms with Gasteiger partial charge in [0.2, 0.25) is 0 Å². The maximum atomic E-state index is 12.7. The van der Waals surface area contributed by atoms with Crippen molar-refractivity contribution in [2.45, 2.75) is 46.3 Å². The van der Waals surface area contributed by atoms with Crippen molar-refractivity contribution in [3.8, 4) is 16.9 Å². The number of nitrogens with two attached hydrogens (primary N) is 1. The zero-order chi connectivity index (χ0) is 32.2. The predicted molar refractivity (Wildman–Crippen MR) is 177 cm³/mol. The fraction of sp³-hybridized carbons (Fsp3) is 0.333. The van der Waals surface area contributed by atoms with Crippen LogP contribution in [0.4, 0.5) is 10.6 Å². The number of para-hydroxylation sites is 1. The van der Waals surface area contributed by atoms with Crippen molar-refractivity contribution < 1.29 is 23.8 Å². The SMILES string of the molecule is CCOC(=O)Cc1ccccc1OCc1nn([C@H]2CCN(C(=O)OCC(C)C)C2)c2ccc(-c3cccc4c(N)nccc34)cc12. The van der Waals surface area contributed by atoms with E-state index in [1.54, 1.807) is 18.0 Å². The third-order valence-corrected chi connectivity index (χ3v) is 8.22. The van der Waals surface area contributed by atoms with Gasteiger partial charge in [-0.2, -0.15) is 5.10 Å². The van der Waals surface area contributed by atoms with Crippen LogP contribution in [0.15, 0.2) is 72.9 Å². The van der Waals surface area contributed by atoms with E-state index in [1.807, 2.05) is 61.0 Å². The molecule has 1 atom stereocenters. The molecule has 2 N–H and O–H groups in total. The van der Waals surface area contributed by atoms with Gasteiger partial charge in [-0.25, -0.2) is 9.78 Å². The molecule has 0 radical (unpaired) electrons. The van der Waals surface area contributed by atoms with E-state index >= 15 is 0 Å². The van der Waals surface area contributed by atoms with E-state index in [0.29, 0.717) is 37.9 Å². The minimum Gasteiger partial charge on any atom is -0.487 e. The molecule has 1 amide bonds. The summed E-state index contributed by atoms with van der Waals surface area (Å²) in [4.78, 5) is 31.0. The van der Waals surface area contributed by atoms with Crippen molar-refractivity contribution >= 4 is 39.6 Å². The maximum absolute atomic E-state index is 12.7. The highest BCUT2D eigenvalue weighted by atomic mass is 16.6. The molecule has 1 fully saturated rings. The average molecular weight is 622 g/mol. The molecule has 3 aromatic carbocycles. The van der Waals surface area contributed by atoms with Crippen LogP contribution in [0.2, 0.25) is 0 Å². The van der Waals surface area contributed by atoms with Crippen molar-refractivity contribution in [1.29, 1.82) is 0 Å². The number of ether oxygens (including phenoxy) is 3. The Morgan fingerprint density at radius 3 is 2.67 bits per heavy atom. The lowest BCUT2D eigenvalue weighted by molar-refractivity contribution is -0.142. The number of benzene rings is 3. The number of nitrogen functional groups attached to an aromatic ring is 1. The molecule has 0 saturated carbocycles. The smallest absolute Gasteiger partial charge is 0.409 e. The third kappa shape index (κ3) is 6.47. The summed E-state index contributed by atoms with van der Waals surface area (Å²) in [5.74, 6) is 1.06. The quantitative estimate of drug-likeness (QED) is 0.174. The summed E-state index contributed by atoms with van der Waals surface area (Å²) in [6.45, 7) is 7.84. The van der Waals surface area contributed by atoms with Crippen LogP contribution in [-0.2, 0) is 27.3 Å². The van der Waals surface area contributed by atoms with E-state index in [0.717, 1.165) is 50.5 Å². The Morgan fingerprint density at radius 2 is 1.85 bits per heavy atom. The summed E-state index contributed by atoms with van der Waals surface area (Å²) in [7, 11) is 0. The second-order valence-electron chi connectivity index (χ2n) is 12.0. The van der Waals surface area contributed by atoms with Gasteiger partial charge >= 0.3 is 12.1 Å². The van der Waals surface area contributed by atoms with Crippen LogP contribution in [0.5, 0.6) is 5.75 Å². The van der Waals surface area contributed by atoms with Crippen LogP contribution in [0, 0.1) is 5.92 Å². The third-order valence-electron chi connectivity index (χ3n) is 8.22. The zero-order valence-corrected chi connectivity index (χ0v) is 26.4. The molecule has 1 saturated heterocycles. The second-order valence-corrected chi connectivity index (χ2v) is 12.0. The summed E-state index contributed by atoms with van der Waals surface area (Å²) < 4.78 is 19.0. The number of anilines is 1. The van der Waals surface area contributed by atoms with Gasteiger partial charge in [-0.05, 0) is 60.0 Å². The maximum Gasteiger partial charge on any atom is 0.409 e. The van der Waals surface area contributed by atoms with E-state index in [2.05, 4.69) is 29.2 Å². The first-order valence-electron chi connectivity index (χ1n) is 15.7. The van der Waals surface area contributed by atoms with E-state index < -0.39 is 0 Å². The Morgan fingerprint density at radius 1 is 1.00 bits per heavy atom. The minimum absolute atomic E-state index is 0.0202. The van der Waals surface area contributed by atoms with Gasteiger partial charge in [0.1, 0.15) is 23.9 Å². The highest BCUT2D eigenvalue weighted by molar-refractivity contribution is 6.02. The van der Waals surface area contributed by atoms with Crippen molar-refractivity contribution in [2.75, 3.05) is 32.0 Å². The number of carbonyl (C=O) groups excluding carboxylic acids is 2. The summed E-state index contributed by atoms with van der Waals surface area (Å²) in [5.41, 5.74) is 10.7. The molecule has 238 valence electrons. The minimum atomic E-state index is -0.304. The van der Waals surface area contributed by atoms with Crippen LogP contribution in [0.3, 0.4) is 0 Å². The Hall–Kier alpha value is -5.12. The average Bonchev–Trinajstić information content (AvgIpc) is 3.68. The molecular weight excluding hydrogens is 582 g/mol. The summed E-state index contributed by atoms with van der Waals surface area (Å²) in [6.07, 6.45) is 2.31. The van der Waals surface area contributed by atoms with E-state index in [9.17, 15) is 9.59 Å². The topological polar surface area (TPSA) is 122 Å². The van der Waals surface area contributed by atoms with Crippen LogP contribution in [0.25, 0.3) is 32.8 Å². The Labute approximate surface area is 268 Å². The number of pyridine rings is 1. The largest absolute Gasteiger partial charge is 0.487 e. The van der Waals surface area contributed by atoms with Crippen molar-refractivity contribution in [1.82, 2.24) is 19.7 Å². The fourth-order valence-electron chi connectivity index (χ4n) is 5.98. The lowest BCUT2D eigenvalue weighted by Gasteiger charge is -2.18. The first kappa shape index (κ1) is 30.9. The van der Waals surface area contributed by atoms with Gasteiger partial charge in [-0.15, -0.1) is 0 Å². The van der Waals surface area contributed by atoms with Gasteiger partial charge < -0.3 is 24.8 Å². The normalized spacial score (nSPS) is 14.7. The molecule has 0 spiro atoms. The van der Waals surface area contributed by atoms with Gasteiger partial charge in [0.25, 0.3) is 0 Å². The molecule has 1 aliphatic heterocycles. The Balaban J connectivity index is 1.35. The van der Waals surface area contributed by atoms with E-state index in [4.69, 9.17) is 25.0 Å². The van der Waals surface area contributed by atoms with Gasteiger partial charge in [0.05, 0.1) is 31.2 Å². The first-order valence-corrected chi connectivity index (χ1v) is 15.7. The van der Waals surface area contributed by atoms with E-state index in [1.165, 1.54) is 0 Å². The Kier molecular flexibility index (Phi) is 9.05. The lowest BCUT2D eigenvalue weighted by Crippen LogP contribution is -2.30. The number of esters is 1. The molecule has 0 unspecified atom stereocenters. The molecule has 0 aliphatic carbocycles. The van der Waals surface area contributed by atoms with Gasteiger partial charge in [-0.1, -0.05) is 56.3 Å². The van der Waals surface area contributed by atoms with Gasteiger partial charge in [-0.3, -0.25) is 9.48 Å². The standard InChI is InChI=1S/C36H39N5O5/c1-4-44-34(42)19-25-8-5-6-11-33(25)45-22-31-30-18-24(27-9-7-10-29-28(27)14-16-38-35(29)37)12-13-32(30)41(39-31)26-15-17-40(20-26)36(43)46-21-23(2)3/h5-14,16,18,23,26H,4,15,17,19-22H2,1-3H3,(H2,37,38)/t26-/m0/s1. The molecule has 3 heterocycles. The molecular formula is C36H39N5O5. The van der Waals surface area contributed by atoms with Crippen LogP contribution >= 0.6 is 0 Å². The van der Waals surface area contributed by atoms with E-state index in [-0.39, 0.29) is 37.0 Å². The van der Waals surface area contributed by atoms with Crippen LogP contribution in [0.1, 0.15) is 44.5 Å². The molecule has 1 aliphatic rings. The number of carbonyl (C=O) groups is 2. The number of hydrogen-bond donors (Lipinski definition) is 1. The van der Waals surface area contributed by atoms with Gasteiger partial charge in [0, 0.05) is 35.6 Å². The zero-order valence-electron chi connectivity index (χ0n) is 26.4. The number of rotatable bonds is 10. The highest BCUT2D eigenvalue weighted by Gasteiger charge is 2.31. The lowest BCUT2D eigenvalue weighted by atomic mass is 9.97. The highest BCUT2D eigenvalue weighted by Crippen LogP contribution is 2.35. The molecule has 2 aromatic heterocycles. The molecule has 46 heavy (non-hydrogen) atoms. The number of hydrogen-bond acceptors (Lipinski definition) is 8. The van der Waals surface area contributed by atoms with Crippen molar-refractivity contribution in [2.24, 2.45) is 5.92 Å². The second kappa shape index (κ2) is 13.5. The molecule has 0 bridgehead atoms. The van der Waals surface area contributed by atoms with Crippen LogP contribution in [-0.4, -0.2) is 58.0 Å². The summed E-state index contributed by atoms with van der Waals surface area (Å²) in [6, 6.07) is 21.8.